The highest BCUT2D eigenvalue weighted by atomic mass is 35.5. The largest absolute Gasteiger partial charge is 0.495 e. The first-order valence-electron chi connectivity index (χ1n) is 8.68. The van der Waals surface area contributed by atoms with Crippen LogP contribution in [-0.4, -0.2) is 45.0 Å². The smallest absolute Gasteiger partial charge is 0.279 e. The second kappa shape index (κ2) is 7.29. The molecule has 1 fully saturated rings. The number of fused-ring (bicyclic) bond motifs is 1. The number of halogens is 1. The standard InChI is InChI=1S/C20H17ClN2O6/c1-26-13-8-7-10(21)9-12(13)23-19(24)15-16(22-29-18(15)20(23)25)11-5-4-6-14(27-2)17(11)28-3/h4-9,15,18H,1-3H3/t15-,18+/m0/s1. The number of ether oxygens (including phenoxy) is 3. The van der Waals surface area contributed by atoms with Crippen molar-refractivity contribution >= 4 is 34.8 Å². The van der Waals surface area contributed by atoms with Crippen molar-refractivity contribution in [3.8, 4) is 17.2 Å². The molecule has 2 amide bonds. The summed E-state index contributed by atoms with van der Waals surface area (Å²) >= 11 is 6.08. The fourth-order valence-corrected chi connectivity index (χ4v) is 3.73. The molecule has 0 N–H and O–H groups in total. The van der Waals surface area contributed by atoms with Crippen molar-refractivity contribution in [2.75, 3.05) is 26.2 Å². The highest BCUT2D eigenvalue weighted by Gasteiger charge is 2.57. The first kappa shape index (κ1) is 19.1. The van der Waals surface area contributed by atoms with Crippen LogP contribution in [0.15, 0.2) is 41.6 Å². The van der Waals surface area contributed by atoms with Crippen molar-refractivity contribution in [2.45, 2.75) is 6.10 Å². The highest BCUT2D eigenvalue weighted by molar-refractivity contribution is 6.34. The Labute approximate surface area is 171 Å². The van der Waals surface area contributed by atoms with Crippen molar-refractivity contribution in [1.82, 2.24) is 0 Å². The van der Waals surface area contributed by atoms with E-state index in [0.717, 1.165) is 4.90 Å². The number of amides is 2. The van der Waals surface area contributed by atoms with Crippen LogP contribution in [0.25, 0.3) is 0 Å². The van der Waals surface area contributed by atoms with Gasteiger partial charge in [-0.15, -0.1) is 0 Å². The van der Waals surface area contributed by atoms with E-state index >= 15 is 0 Å². The maximum Gasteiger partial charge on any atom is 0.279 e. The molecular formula is C20H17ClN2O6. The average molecular weight is 417 g/mol. The molecule has 2 aromatic rings. The van der Waals surface area contributed by atoms with Crippen molar-refractivity contribution in [1.29, 1.82) is 0 Å². The first-order valence-corrected chi connectivity index (χ1v) is 9.06. The third-order valence-corrected chi connectivity index (χ3v) is 5.11. The lowest BCUT2D eigenvalue weighted by Crippen LogP contribution is -2.33. The first-order chi connectivity index (χ1) is 14.0. The summed E-state index contributed by atoms with van der Waals surface area (Å²) in [4.78, 5) is 32.7. The summed E-state index contributed by atoms with van der Waals surface area (Å²) in [5.41, 5.74) is 1.07. The number of nitrogens with zero attached hydrogens (tertiary/aromatic N) is 2. The number of para-hydroxylation sites is 1. The molecule has 2 heterocycles. The second-order valence-electron chi connectivity index (χ2n) is 6.35. The number of carbonyl (C=O) groups is 2. The van der Waals surface area contributed by atoms with Gasteiger partial charge >= 0.3 is 0 Å². The van der Waals surface area contributed by atoms with Gasteiger partial charge in [0, 0.05) is 10.6 Å². The molecule has 2 atom stereocenters. The minimum absolute atomic E-state index is 0.255. The lowest BCUT2D eigenvalue weighted by Gasteiger charge is -2.19. The summed E-state index contributed by atoms with van der Waals surface area (Å²) in [5, 5.41) is 4.38. The molecule has 2 aliphatic heterocycles. The Morgan fingerprint density at radius 1 is 1.00 bits per heavy atom. The van der Waals surface area contributed by atoms with Crippen LogP contribution in [-0.2, 0) is 14.4 Å². The number of oxime groups is 1. The van der Waals surface area contributed by atoms with E-state index in [4.69, 9.17) is 30.6 Å². The van der Waals surface area contributed by atoms with E-state index in [9.17, 15) is 9.59 Å². The monoisotopic (exact) mass is 416 g/mol. The minimum atomic E-state index is -1.07. The number of hydrogen-bond donors (Lipinski definition) is 0. The lowest BCUT2D eigenvalue weighted by molar-refractivity contribution is -0.126. The van der Waals surface area contributed by atoms with Crippen LogP contribution in [0.2, 0.25) is 5.02 Å². The van der Waals surface area contributed by atoms with Gasteiger partial charge in [0.25, 0.3) is 5.91 Å². The molecule has 0 aromatic heterocycles. The van der Waals surface area contributed by atoms with Crippen LogP contribution in [0, 0.1) is 5.92 Å². The molecule has 1 saturated heterocycles. The van der Waals surface area contributed by atoms with Crippen LogP contribution in [0.3, 0.4) is 0 Å². The normalized spacial score (nSPS) is 20.3. The number of carbonyl (C=O) groups excluding carboxylic acids is 2. The molecule has 0 saturated carbocycles. The Balaban J connectivity index is 1.77. The fraction of sp³-hybridized carbons (Fsp3) is 0.250. The maximum absolute atomic E-state index is 13.3. The number of rotatable bonds is 5. The van der Waals surface area contributed by atoms with E-state index < -0.39 is 23.8 Å². The van der Waals surface area contributed by atoms with Gasteiger partial charge in [-0.25, -0.2) is 4.90 Å². The van der Waals surface area contributed by atoms with Gasteiger partial charge < -0.3 is 19.0 Å². The van der Waals surface area contributed by atoms with Crippen molar-refractivity contribution in [2.24, 2.45) is 11.1 Å². The third-order valence-electron chi connectivity index (χ3n) is 4.87. The van der Waals surface area contributed by atoms with Crippen LogP contribution in [0.5, 0.6) is 17.2 Å². The fourth-order valence-electron chi connectivity index (χ4n) is 3.56. The molecular weight excluding hydrogens is 400 g/mol. The quantitative estimate of drug-likeness (QED) is 0.696. The molecule has 0 unspecified atom stereocenters. The van der Waals surface area contributed by atoms with Gasteiger partial charge in [0.2, 0.25) is 12.0 Å². The van der Waals surface area contributed by atoms with Crippen LogP contribution >= 0.6 is 11.6 Å². The summed E-state index contributed by atoms with van der Waals surface area (Å²) in [6.45, 7) is 0. The van der Waals surface area contributed by atoms with E-state index in [1.165, 1.54) is 27.4 Å². The van der Waals surface area contributed by atoms with Crippen molar-refractivity contribution in [3.05, 3.63) is 47.0 Å². The van der Waals surface area contributed by atoms with Gasteiger partial charge in [-0.05, 0) is 30.3 Å². The van der Waals surface area contributed by atoms with Crippen molar-refractivity contribution < 1.29 is 28.6 Å². The Morgan fingerprint density at radius 3 is 2.45 bits per heavy atom. The van der Waals surface area contributed by atoms with Gasteiger partial charge in [0.1, 0.15) is 17.4 Å². The molecule has 29 heavy (non-hydrogen) atoms. The third kappa shape index (κ3) is 2.87. The summed E-state index contributed by atoms with van der Waals surface area (Å²) in [7, 11) is 4.44. The average Bonchev–Trinajstić information content (AvgIpc) is 3.27. The molecule has 9 heteroatoms. The van der Waals surface area contributed by atoms with E-state index in [1.807, 2.05) is 0 Å². The number of imide groups is 1. The van der Waals surface area contributed by atoms with Gasteiger partial charge in [-0.2, -0.15) is 0 Å². The summed E-state index contributed by atoms with van der Waals surface area (Å²) in [6.07, 6.45) is -1.07. The molecule has 0 aliphatic carbocycles. The Morgan fingerprint density at radius 2 is 1.76 bits per heavy atom. The highest BCUT2D eigenvalue weighted by Crippen LogP contribution is 2.42. The predicted octanol–water partition coefficient (Wildman–Crippen LogP) is 2.66. The minimum Gasteiger partial charge on any atom is -0.495 e. The molecule has 2 aromatic carbocycles. The lowest BCUT2D eigenvalue weighted by atomic mass is 9.93. The van der Waals surface area contributed by atoms with E-state index in [1.54, 1.807) is 30.3 Å². The molecule has 4 rings (SSSR count). The van der Waals surface area contributed by atoms with Gasteiger partial charge in [0.05, 0.1) is 27.0 Å². The van der Waals surface area contributed by atoms with Crippen LogP contribution in [0.4, 0.5) is 5.69 Å². The SMILES string of the molecule is COc1ccc(Cl)cc1N1C(=O)[C@H]2C(c3cccc(OC)c3OC)=NO[C@H]2C1=O. The number of anilines is 1. The van der Waals surface area contributed by atoms with Gasteiger partial charge in [-0.1, -0.05) is 22.8 Å². The van der Waals surface area contributed by atoms with Crippen LogP contribution < -0.4 is 19.1 Å². The number of hydrogen-bond acceptors (Lipinski definition) is 7. The van der Waals surface area contributed by atoms with Gasteiger partial charge in [0.15, 0.2) is 11.5 Å². The van der Waals surface area contributed by atoms with Gasteiger partial charge in [-0.3, -0.25) is 9.59 Å². The molecule has 0 radical (unpaired) electrons. The Bertz CT molecular complexity index is 1040. The molecule has 8 nitrogen and oxygen atoms in total. The zero-order valence-electron chi connectivity index (χ0n) is 15.8. The van der Waals surface area contributed by atoms with E-state index in [-0.39, 0.29) is 5.69 Å². The summed E-state index contributed by atoms with van der Waals surface area (Å²) in [6, 6.07) is 9.90. The molecule has 0 spiro atoms. The summed E-state index contributed by atoms with van der Waals surface area (Å²) in [5.74, 6) is -0.734. The molecule has 0 bridgehead atoms. The zero-order valence-corrected chi connectivity index (χ0v) is 16.6. The maximum atomic E-state index is 13.3. The topological polar surface area (TPSA) is 86.7 Å². The zero-order chi connectivity index (χ0) is 20.7. The number of methoxy groups -OCH3 is 3. The Hall–Kier alpha value is -3.26. The predicted molar refractivity (Wildman–Crippen MR) is 105 cm³/mol. The Kier molecular flexibility index (Phi) is 4.79. The molecule has 2 aliphatic rings. The molecule has 150 valence electrons. The summed E-state index contributed by atoms with van der Waals surface area (Å²) < 4.78 is 16.1. The van der Waals surface area contributed by atoms with E-state index in [2.05, 4.69) is 5.16 Å². The van der Waals surface area contributed by atoms with Crippen LogP contribution in [0.1, 0.15) is 5.56 Å². The van der Waals surface area contributed by atoms with E-state index in [0.29, 0.717) is 33.5 Å². The van der Waals surface area contributed by atoms with Crippen molar-refractivity contribution in [3.63, 3.8) is 0 Å². The number of benzene rings is 2. The second-order valence-corrected chi connectivity index (χ2v) is 6.79.